The van der Waals surface area contributed by atoms with E-state index in [4.69, 9.17) is 28.4 Å². The van der Waals surface area contributed by atoms with E-state index in [9.17, 15) is 28.8 Å². The van der Waals surface area contributed by atoms with Gasteiger partial charge in [-0.1, -0.05) is 49.9 Å². The molecule has 3 aliphatic heterocycles. The van der Waals surface area contributed by atoms with Crippen molar-refractivity contribution < 1.29 is 75.6 Å². The average molecular weight is 1170 g/mol. The molecule has 0 unspecified atom stereocenters. The number of hydrogen-bond acceptors (Lipinski definition) is 16. The summed E-state index contributed by atoms with van der Waals surface area (Å²) in [5, 5.41) is 0. The summed E-state index contributed by atoms with van der Waals surface area (Å²) in [6.07, 6.45) is -4.86. The zero-order valence-corrected chi connectivity index (χ0v) is 50.0. The highest BCUT2D eigenvalue weighted by atomic mass is 19.1. The summed E-state index contributed by atoms with van der Waals surface area (Å²) in [4.78, 5) is 126. The molecule has 3 saturated heterocycles. The monoisotopic (exact) mass is 1160 g/mol. The highest BCUT2D eigenvalue weighted by Crippen LogP contribution is 2.37. The van der Waals surface area contributed by atoms with E-state index < -0.39 is 114 Å². The quantitative estimate of drug-likeness (QED) is 0.161. The molecular formula is C61H86F2N6O14. The molecule has 22 heteroatoms. The number of morpholine rings is 2. The third-order valence-electron chi connectivity index (χ3n) is 16.4. The summed E-state index contributed by atoms with van der Waals surface area (Å²) >= 11 is 0. The van der Waals surface area contributed by atoms with E-state index in [2.05, 4.69) is 9.80 Å². The van der Waals surface area contributed by atoms with Crippen molar-refractivity contribution in [2.24, 2.45) is 11.8 Å². The first-order valence-corrected chi connectivity index (χ1v) is 29.3. The molecule has 0 aromatic heterocycles. The zero-order valence-electron chi connectivity index (χ0n) is 50.0. The molecule has 5 fully saturated rings. The van der Waals surface area contributed by atoms with Gasteiger partial charge in [-0.15, -0.1) is 0 Å². The Kier molecular flexibility index (Phi) is 21.6. The minimum atomic E-state index is -2.10. The van der Waals surface area contributed by atoms with Crippen molar-refractivity contribution in [3.63, 3.8) is 0 Å². The van der Waals surface area contributed by atoms with E-state index in [1.165, 1.54) is 69.7 Å². The van der Waals surface area contributed by atoms with Crippen molar-refractivity contribution >= 4 is 58.9 Å². The van der Waals surface area contributed by atoms with Gasteiger partial charge in [0, 0.05) is 85.0 Å². The first-order chi connectivity index (χ1) is 39.2. The van der Waals surface area contributed by atoms with Crippen LogP contribution >= 0.6 is 0 Å². The number of benzene rings is 2. The van der Waals surface area contributed by atoms with Gasteiger partial charge in [-0.25, -0.2) is 28.0 Å². The molecule has 4 amide bonds. The second kappa shape index (κ2) is 28.0. The molecule has 0 spiro atoms. The fraction of sp³-hybridized carbons (Fsp3) is 0.672. The maximum atomic E-state index is 15.9. The van der Waals surface area contributed by atoms with Crippen molar-refractivity contribution in [1.29, 1.82) is 0 Å². The van der Waals surface area contributed by atoms with E-state index in [-0.39, 0.29) is 50.4 Å². The number of carbonyl (C=O) groups is 8. The Labute approximate surface area is 486 Å². The molecule has 3 heterocycles. The average Bonchev–Trinajstić information content (AvgIpc) is 4.46. The van der Waals surface area contributed by atoms with Crippen LogP contribution in [-0.4, -0.2) is 208 Å². The van der Waals surface area contributed by atoms with Crippen molar-refractivity contribution in [1.82, 2.24) is 19.6 Å². The van der Waals surface area contributed by atoms with Crippen LogP contribution in [0.25, 0.3) is 0 Å². The van der Waals surface area contributed by atoms with Crippen molar-refractivity contribution in [2.45, 2.75) is 172 Å². The highest BCUT2D eigenvalue weighted by Gasteiger charge is 2.45. The molecule has 2 aromatic rings. The Morgan fingerprint density at radius 2 is 0.795 bits per heavy atom. The molecular weight excluding hydrogens is 1080 g/mol. The van der Waals surface area contributed by atoms with Crippen LogP contribution in [0.15, 0.2) is 48.5 Å². The van der Waals surface area contributed by atoms with E-state index >= 15 is 18.4 Å². The Hall–Kier alpha value is -6.42. The number of nitrogens with zero attached hydrogens (tertiary/aromatic N) is 6. The number of cyclic esters (lactones) is 4. The number of rotatable bonds is 15. The van der Waals surface area contributed by atoms with Gasteiger partial charge < -0.3 is 57.8 Å². The molecule has 7 rings (SSSR count). The number of halogens is 2. The molecule has 2 saturated carbocycles. The van der Waals surface area contributed by atoms with Gasteiger partial charge in [0.15, 0.2) is 24.4 Å². The van der Waals surface area contributed by atoms with Gasteiger partial charge in [-0.3, -0.25) is 19.2 Å². The van der Waals surface area contributed by atoms with Crippen LogP contribution in [0.1, 0.15) is 110 Å². The van der Waals surface area contributed by atoms with E-state index in [0.29, 0.717) is 63.7 Å². The number of amides is 4. The van der Waals surface area contributed by atoms with Crippen molar-refractivity contribution in [3.8, 4) is 0 Å². The molecule has 5 aliphatic rings. The number of ether oxygens (including phenoxy) is 6. The van der Waals surface area contributed by atoms with Crippen LogP contribution in [0.5, 0.6) is 0 Å². The molecule has 8 atom stereocenters. The fourth-order valence-electron chi connectivity index (χ4n) is 10.8. The lowest BCUT2D eigenvalue weighted by Crippen LogP contribution is -2.55. The molecule has 83 heavy (non-hydrogen) atoms. The molecule has 0 radical (unpaired) electrons. The van der Waals surface area contributed by atoms with Crippen LogP contribution < -0.4 is 9.80 Å². The Morgan fingerprint density at radius 1 is 0.458 bits per heavy atom. The van der Waals surface area contributed by atoms with Crippen LogP contribution in [-0.2, 0) is 79.6 Å². The van der Waals surface area contributed by atoms with Gasteiger partial charge in [0.25, 0.3) is 23.6 Å². The third kappa shape index (κ3) is 18.0. The lowest BCUT2D eigenvalue weighted by atomic mass is 9.99. The molecule has 20 nitrogen and oxygen atoms in total. The van der Waals surface area contributed by atoms with E-state index in [1.54, 1.807) is 24.3 Å². The fourth-order valence-corrected chi connectivity index (χ4v) is 10.8. The largest absolute Gasteiger partial charge is 0.451 e. The van der Waals surface area contributed by atoms with E-state index in [0.717, 1.165) is 56.7 Å². The van der Waals surface area contributed by atoms with Crippen LogP contribution in [0, 0.1) is 11.8 Å². The second-order valence-electron chi connectivity index (χ2n) is 24.3. The smallest absolute Gasteiger partial charge is 0.329 e. The number of likely N-dealkylation sites (N-methyl/N-ethyl adjacent to an activating group) is 4. The standard InChI is InChI=1S/C61H86F2N6O14/c1-38-52(70)64(7)46(23-24-60(3,4)62)56(74)82-50(35-42-15-19-44(20-16-42)68-25-29-78-30-26-68)54(72)65(8)48(34-41-13-14-41)58(76)81-39(2)53(71)67(10)49(37-61(5,6)63)59(77)83-51(55(73)66(9)47(57(75)80-38)33-40-11-12-40)36-43-17-21-45(22-18-43)69-27-31-79-32-28-69/h15-22,38-41,46-51H,11-14,23-37H2,1-10H3/t38-,39-,46+,47+,48+,49+,50-,51-/m1/s1. The zero-order chi connectivity index (χ0) is 60.5. The molecule has 0 N–H and O–H groups in total. The minimum Gasteiger partial charge on any atom is -0.451 e. The topological polar surface area (TPSA) is 211 Å². The van der Waals surface area contributed by atoms with Gasteiger partial charge in [0.05, 0.1) is 26.4 Å². The number of carbonyl (C=O) groups excluding carboxylic acids is 8. The summed E-state index contributed by atoms with van der Waals surface area (Å²) < 4.78 is 66.4. The SMILES string of the molecule is C[C@H]1OC(=O)[C@H](CC2CC2)N(C)C(=O)[C@@H](Cc2ccc(N3CCOCC3)cc2)OC(=O)[C@H](CC(C)(C)F)N(C)C(=O)[C@@H](C)OC(=O)[C@H](CC2CC2)N(C)C(=O)[C@@H](Cc2ccc(N3CCOCC3)cc2)OC(=O)[C@H](CCC(C)(C)F)N(C)C1=O. The Morgan fingerprint density at radius 3 is 1.14 bits per heavy atom. The molecule has 2 aromatic carbocycles. The van der Waals surface area contributed by atoms with Crippen LogP contribution in [0.2, 0.25) is 0 Å². The lowest BCUT2D eigenvalue weighted by Gasteiger charge is -2.35. The minimum absolute atomic E-state index is 0.00595. The van der Waals surface area contributed by atoms with Crippen LogP contribution in [0.4, 0.5) is 20.2 Å². The number of anilines is 2. The van der Waals surface area contributed by atoms with Gasteiger partial charge >= 0.3 is 23.9 Å². The summed E-state index contributed by atoms with van der Waals surface area (Å²) in [5.74, 6) is -7.64. The predicted molar refractivity (Wildman–Crippen MR) is 302 cm³/mol. The maximum Gasteiger partial charge on any atom is 0.329 e. The normalized spacial score (nSPS) is 27.0. The summed E-state index contributed by atoms with van der Waals surface area (Å²) in [6.45, 7) is 12.5. The first kappa shape index (κ1) is 64.1. The van der Waals surface area contributed by atoms with Gasteiger partial charge in [-0.05, 0) is 114 Å². The van der Waals surface area contributed by atoms with Crippen LogP contribution in [0.3, 0.4) is 0 Å². The molecule has 0 bridgehead atoms. The van der Waals surface area contributed by atoms with Gasteiger partial charge in [0.2, 0.25) is 0 Å². The Bertz CT molecular complexity index is 2580. The summed E-state index contributed by atoms with van der Waals surface area (Å²) in [7, 11) is 5.22. The van der Waals surface area contributed by atoms with Gasteiger partial charge in [-0.2, -0.15) is 0 Å². The third-order valence-corrected chi connectivity index (χ3v) is 16.4. The summed E-state index contributed by atoms with van der Waals surface area (Å²) in [6, 6.07) is 8.72. The molecule has 2 aliphatic carbocycles. The maximum absolute atomic E-state index is 15.9. The second-order valence-corrected chi connectivity index (χ2v) is 24.3. The highest BCUT2D eigenvalue weighted by molar-refractivity contribution is 5.94. The van der Waals surface area contributed by atoms with Crippen molar-refractivity contribution in [3.05, 3.63) is 59.7 Å². The first-order valence-electron chi connectivity index (χ1n) is 29.3. The lowest BCUT2D eigenvalue weighted by molar-refractivity contribution is -0.176. The number of hydrogen-bond donors (Lipinski definition) is 0. The number of alkyl halides is 2. The van der Waals surface area contributed by atoms with Crippen molar-refractivity contribution in [2.75, 3.05) is 90.6 Å². The van der Waals surface area contributed by atoms with E-state index in [1.807, 2.05) is 24.3 Å². The molecule has 458 valence electrons. The number of esters is 4. The predicted octanol–water partition coefficient (Wildman–Crippen LogP) is 5.42. The Balaban J connectivity index is 1.27. The van der Waals surface area contributed by atoms with Gasteiger partial charge in [0.1, 0.15) is 35.5 Å². The summed E-state index contributed by atoms with van der Waals surface area (Å²) in [5.41, 5.74) is -1.01.